The number of ether oxygens (including phenoxy) is 5. The molecule has 63 heavy (non-hydrogen) atoms. The van der Waals surface area contributed by atoms with Gasteiger partial charge < -0.3 is 45.0 Å². The number of anilines is 1. The van der Waals surface area contributed by atoms with Gasteiger partial charge in [0, 0.05) is 36.8 Å². The lowest BCUT2D eigenvalue weighted by atomic mass is 9.93. The standard InChI is InChI=1S/C42H45F3N6O12/c43-42(44,45)63-30-14-8-27(9-15-30)49-41(58)48-26-6-12-29(13-7-26)62-28-10-4-25(5-11-28)37(54)47-19-21-60-23-22-59-20-18-46-35(53)24-61-33-3-1-2-31-36(33)40(57)51(39(31)56)32-16-17-34(52)50-38(32)55/h1-5,8-11,14-15,26,29,32H,6-7,12-13,16-24H2,(H,46,53)(H,47,54)(H2,48,49,58)(H,50,52,55). The normalized spacial score (nSPS) is 18.5. The lowest BCUT2D eigenvalue weighted by Crippen LogP contribution is -2.54. The second kappa shape index (κ2) is 21.4. The summed E-state index contributed by atoms with van der Waals surface area (Å²) < 4.78 is 63.5. The van der Waals surface area contributed by atoms with Gasteiger partial charge in [0.05, 0.1) is 43.7 Å². The van der Waals surface area contributed by atoms with E-state index in [2.05, 4.69) is 31.3 Å². The van der Waals surface area contributed by atoms with Gasteiger partial charge in [0.25, 0.3) is 23.6 Å². The molecule has 336 valence electrons. The molecular formula is C42H45F3N6O12. The maximum absolute atomic E-state index is 13.2. The maximum atomic E-state index is 13.2. The van der Waals surface area contributed by atoms with Crippen molar-refractivity contribution in [2.24, 2.45) is 0 Å². The van der Waals surface area contributed by atoms with Crippen molar-refractivity contribution in [2.75, 3.05) is 51.4 Å². The number of amides is 8. The molecule has 1 atom stereocenters. The Morgan fingerprint density at radius 2 is 1.43 bits per heavy atom. The first kappa shape index (κ1) is 45.8. The number of fused-ring (bicyclic) bond motifs is 1. The minimum Gasteiger partial charge on any atom is -0.490 e. The van der Waals surface area contributed by atoms with Crippen LogP contribution in [0.1, 0.15) is 69.6 Å². The molecule has 2 aliphatic heterocycles. The minimum absolute atomic E-state index is 0.0107. The third kappa shape index (κ3) is 13.1. The lowest BCUT2D eigenvalue weighted by molar-refractivity contribution is -0.274. The smallest absolute Gasteiger partial charge is 0.490 e. The van der Waals surface area contributed by atoms with Gasteiger partial charge in [-0.3, -0.25) is 39.0 Å². The van der Waals surface area contributed by atoms with Crippen LogP contribution < -0.4 is 40.8 Å². The van der Waals surface area contributed by atoms with Gasteiger partial charge in [0.15, 0.2) is 6.61 Å². The van der Waals surface area contributed by atoms with E-state index in [1.807, 2.05) is 0 Å². The van der Waals surface area contributed by atoms with Crippen molar-refractivity contribution in [1.29, 1.82) is 0 Å². The van der Waals surface area contributed by atoms with Crippen LogP contribution in [0.2, 0.25) is 0 Å². The third-order valence-electron chi connectivity index (χ3n) is 10.0. The van der Waals surface area contributed by atoms with Crippen molar-refractivity contribution in [3.05, 3.63) is 83.4 Å². The highest BCUT2D eigenvalue weighted by Crippen LogP contribution is 2.34. The molecule has 18 nitrogen and oxygen atoms in total. The predicted molar refractivity (Wildman–Crippen MR) is 214 cm³/mol. The molecule has 1 saturated heterocycles. The Hall–Kier alpha value is -6.74. The van der Waals surface area contributed by atoms with E-state index in [1.165, 1.54) is 30.3 Å². The molecule has 2 fully saturated rings. The number of piperidine rings is 1. The summed E-state index contributed by atoms with van der Waals surface area (Å²) in [6.07, 6.45) is -2.20. The Morgan fingerprint density at radius 3 is 2.10 bits per heavy atom. The fourth-order valence-electron chi connectivity index (χ4n) is 7.02. The number of carbonyl (C=O) groups is 7. The van der Waals surface area contributed by atoms with Crippen molar-refractivity contribution in [2.45, 2.75) is 63.1 Å². The van der Waals surface area contributed by atoms with Crippen LogP contribution in [0.15, 0.2) is 66.7 Å². The number of benzene rings is 3. The Bertz CT molecular complexity index is 2150. The van der Waals surface area contributed by atoms with Crippen LogP contribution in [0.3, 0.4) is 0 Å². The first-order valence-electron chi connectivity index (χ1n) is 20.1. The lowest BCUT2D eigenvalue weighted by Gasteiger charge is -2.29. The summed E-state index contributed by atoms with van der Waals surface area (Å²) >= 11 is 0. The molecule has 3 aromatic rings. The van der Waals surface area contributed by atoms with Gasteiger partial charge in [-0.05, 0) is 92.8 Å². The van der Waals surface area contributed by atoms with Gasteiger partial charge in [-0.1, -0.05) is 6.07 Å². The molecule has 6 rings (SSSR count). The zero-order valence-electron chi connectivity index (χ0n) is 33.8. The van der Waals surface area contributed by atoms with Gasteiger partial charge in [-0.15, -0.1) is 13.2 Å². The number of halogens is 3. The number of imide groups is 2. The molecule has 8 amide bonds. The Balaban J connectivity index is 0.776. The van der Waals surface area contributed by atoms with Crippen molar-refractivity contribution in [3.8, 4) is 17.2 Å². The summed E-state index contributed by atoms with van der Waals surface area (Å²) in [7, 11) is 0. The number of hydrogen-bond acceptors (Lipinski definition) is 12. The number of rotatable bonds is 19. The SMILES string of the molecule is O=C(COc1cccc2c1C(=O)N(C1CCC(=O)NC1=O)C2=O)NCCOCCOCCNC(=O)c1ccc(OC2CCC(NC(=O)Nc3ccc(OC(F)(F)F)cc3)CC2)cc1. The molecule has 0 bridgehead atoms. The van der Waals surface area contributed by atoms with Gasteiger partial charge in [-0.25, -0.2) is 4.79 Å². The number of nitrogens with zero attached hydrogens (tertiary/aromatic N) is 1. The maximum Gasteiger partial charge on any atom is 0.573 e. The van der Waals surface area contributed by atoms with Gasteiger partial charge >= 0.3 is 12.4 Å². The largest absolute Gasteiger partial charge is 0.573 e. The zero-order chi connectivity index (χ0) is 44.9. The number of urea groups is 1. The van der Waals surface area contributed by atoms with Crippen LogP contribution in [-0.4, -0.2) is 117 Å². The van der Waals surface area contributed by atoms with Crippen molar-refractivity contribution < 1.29 is 70.4 Å². The fourth-order valence-corrected chi connectivity index (χ4v) is 7.02. The van der Waals surface area contributed by atoms with E-state index in [0.29, 0.717) is 42.7 Å². The molecule has 5 N–H and O–H groups in total. The molecule has 3 aromatic carbocycles. The van der Waals surface area contributed by atoms with E-state index in [0.717, 1.165) is 17.0 Å². The highest BCUT2D eigenvalue weighted by Gasteiger charge is 2.46. The number of carbonyl (C=O) groups excluding carboxylic acids is 7. The second-order valence-corrected chi connectivity index (χ2v) is 14.5. The summed E-state index contributed by atoms with van der Waals surface area (Å²) in [4.78, 5) is 88.2. The molecule has 2 heterocycles. The summed E-state index contributed by atoms with van der Waals surface area (Å²) in [5, 5.41) is 13.0. The van der Waals surface area contributed by atoms with Crippen LogP contribution in [0.25, 0.3) is 0 Å². The second-order valence-electron chi connectivity index (χ2n) is 14.5. The summed E-state index contributed by atoms with van der Waals surface area (Å²) in [5.41, 5.74) is 0.732. The average Bonchev–Trinajstić information content (AvgIpc) is 3.50. The van der Waals surface area contributed by atoms with E-state index >= 15 is 0 Å². The summed E-state index contributed by atoms with van der Waals surface area (Å²) in [6, 6.07) is 14.2. The first-order chi connectivity index (χ1) is 30.2. The molecule has 0 radical (unpaired) electrons. The first-order valence-corrected chi connectivity index (χ1v) is 20.1. The number of alkyl halides is 3. The number of hydrogen-bond donors (Lipinski definition) is 5. The van der Waals surface area contributed by atoms with E-state index in [-0.39, 0.29) is 93.0 Å². The van der Waals surface area contributed by atoms with Crippen LogP contribution >= 0.6 is 0 Å². The molecular weight excluding hydrogens is 837 g/mol. The molecule has 0 aromatic heterocycles. The summed E-state index contributed by atoms with van der Waals surface area (Å²) in [6.45, 7) is 0.851. The van der Waals surface area contributed by atoms with Crippen LogP contribution in [0, 0.1) is 0 Å². The van der Waals surface area contributed by atoms with E-state index < -0.39 is 54.6 Å². The fraction of sp³-hybridized carbons (Fsp3) is 0.405. The van der Waals surface area contributed by atoms with E-state index in [9.17, 15) is 46.7 Å². The van der Waals surface area contributed by atoms with Gasteiger partial charge in [0.2, 0.25) is 11.8 Å². The number of nitrogens with one attached hydrogen (secondary N) is 5. The Kier molecular flexibility index (Phi) is 15.5. The quantitative estimate of drug-likeness (QED) is 0.0862. The van der Waals surface area contributed by atoms with Gasteiger partial charge in [-0.2, -0.15) is 0 Å². The molecule has 0 spiro atoms. The minimum atomic E-state index is -4.80. The molecule has 1 unspecified atom stereocenters. The third-order valence-corrected chi connectivity index (χ3v) is 10.0. The predicted octanol–water partition coefficient (Wildman–Crippen LogP) is 3.46. The molecule has 1 saturated carbocycles. The van der Waals surface area contributed by atoms with E-state index in [1.54, 1.807) is 24.3 Å². The highest BCUT2D eigenvalue weighted by atomic mass is 19.4. The van der Waals surface area contributed by atoms with Crippen LogP contribution in [0.5, 0.6) is 17.2 Å². The monoisotopic (exact) mass is 882 g/mol. The van der Waals surface area contributed by atoms with Crippen LogP contribution in [0.4, 0.5) is 23.7 Å². The highest BCUT2D eigenvalue weighted by molar-refractivity contribution is 6.24. The van der Waals surface area contributed by atoms with Crippen LogP contribution in [-0.2, 0) is 23.9 Å². The average molecular weight is 883 g/mol. The topological polar surface area (TPSA) is 229 Å². The van der Waals surface area contributed by atoms with Gasteiger partial charge in [0.1, 0.15) is 23.3 Å². The zero-order valence-corrected chi connectivity index (χ0v) is 33.8. The van der Waals surface area contributed by atoms with E-state index in [4.69, 9.17) is 18.9 Å². The Morgan fingerprint density at radius 1 is 0.762 bits per heavy atom. The van der Waals surface area contributed by atoms with Crippen molar-refractivity contribution in [3.63, 3.8) is 0 Å². The van der Waals surface area contributed by atoms with Crippen molar-refractivity contribution >= 4 is 47.2 Å². The molecule has 1 aliphatic carbocycles. The molecule has 3 aliphatic rings. The molecule has 21 heteroatoms. The summed E-state index contributed by atoms with van der Waals surface area (Å²) in [5.74, 6) is -3.21. The Labute approximate surface area is 358 Å². The van der Waals surface area contributed by atoms with Crippen molar-refractivity contribution in [1.82, 2.24) is 26.2 Å².